The highest BCUT2D eigenvalue weighted by molar-refractivity contribution is 8.13. The van der Waals surface area contributed by atoms with E-state index in [1.807, 2.05) is 5.43 Å². The molecule has 2 amide bonds. The van der Waals surface area contributed by atoms with Crippen LogP contribution in [0.5, 0.6) is 0 Å². The number of nitrogens with zero attached hydrogens (tertiary/aromatic N) is 1. The third-order valence-electron chi connectivity index (χ3n) is 5.93. The van der Waals surface area contributed by atoms with Gasteiger partial charge in [-0.2, -0.15) is 13.2 Å². The quantitative estimate of drug-likeness (QED) is 0.386. The maximum absolute atomic E-state index is 15.2. The average Bonchev–Trinajstić information content (AvgIpc) is 3.23. The number of hydrogen-bond donors (Lipinski definition) is 3. The number of alkyl halides is 5. The van der Waals surface area contributed by atoms with Gasteiger partial charge in [0, 0.05) is 29.7 Å². The number of ether oxygens (including phenoxy) is 1. The van der Waals surface area contributed by atoms with Gasteiger partial charge in [0.1, 0.15) is 17.5 Å². The lowest BCUT2D eigenvalue weighted by atomic mass is 9.77. The lowest BCUT2D eigenvalue weighted by Gasteiger charge is -2.37. The summed E-state index contributed by atoms with van der Waals surface area (Å²) in [5.74, 6) is -8.09. The van der Waals surface area contributed by atoms with Gasteiger partial charge in [0.05, 0.1) is 12.3 Å². The smallest absolute Gasteiger partial charge is 0.369 e. The number of aliphatic imine (C=N–C) groups is 1. The Morgan fingerprint density at radius 3 is 2.46 bits per heavy atom. The number of hydrogen-bond acceptors (Lipinski definition) is 6. The minimum Gasteiger partial charge on any atom is -0.369 e. The molecule has 1 unspecified atom stereocenters. The molecule has 2 heterocycles. The SMILES string of the molecule is CC(F)(F)[C@H]1OC[C@]2(c3cc(NNC(=O)C(F)(F)F)ccc3F)N=C(NC(=O)c3ccccc3)SCC12. The fourth-order valence-electron chi connectivity index (χ4n) is 4.21. The molecule has 198 valence electrons. The molecule has 2 aromatic rings. The minimum absolute atomic E-state index is 0.0239. The largest absolute Gasteiger partial charge is 0.472 e. The number of carbonyl (C=O) groups excluding carboxylic acids is 2. The fourth-order valence-corrected chi connectivity index (χ4v) is 5.39. The molecule has 37 heavy (non-hydrogen) atoms. The Labute approximate surface area is 211 Å². The Kier molecular flexibility index (Phi) is 7.16. The van der Waals surface area contributed by atoms with Gasteiger partial charge < -0.3 is 10.1 Å². The van der Waals surface area contributed by atoms with E-state index in [1.54, 1.807) is 30.3 Å². The zero-order valence-electron chi connectivity index (χ0n) is 19.0. The van der Waals surface area contributed by atoms with Crippen molar-refractivity contribution in [2.75, 3.05) is 17.8 Å². The summed E-state index contributed by atoms with van der Waals surface area (Å²) in [6.07, 6.45) is -6.81. The van der Waals surface area contributed by atoms with Crippen LogP contribution >= 0.6 is 11.8 Å². The maximum atomic E-state index is 15.2. The molecule has 7 nitrogen and oxygen atoms in total. The van der Waals surface area contributed by atoms with Crippen LogP contribution in [0.2, 0.25) is 0 Å². The van der Waals surface area contributed by atoms with Gasteiger partial charge in [-0.05, 0) is 30.3 Å². The highest BCUT2D eigenvalue weighted by Crippen LogP contribution is 2.51. The van der Waals surface area contributed by atoms with Crippen molar-refractivity contribution >= 4 is 34.4 Å². The van der Waals surface area contributed by atoms with Crippen molar-refractivity contribution in [3.05, 3.63) is 65.5 Å². The number of thioether (sulfide) groups is 1. The van der Waals surface area contributed by atoms with E-state index in [-0.39, 0.29) is 22.2 Å². The van der Waals surface area contributed by atoms with Crippen molar-refractivity contribution < 1.29 is 40.7 Å². The first-order valence-electron chi connectivity index (χ1n) is 10.8. The molecule has 1 fully saturated rings. The van der Waals surface area contributed by atoms with E-state index in [9.17, 15) is 31.5 Å². The van der Waals surface area contributed by atoms with Crippen LogP contribution in [0.25, 0.3) is 0 Å². The number of fused-ring (bicyclic) bond motifs is 1. The van der Waals surface area contributed by atoms with Crippen LogP contribution in [0.1, 0.15) is 22.8 Å². The van der Waals surface area contributed by atoms with Gasteiger partial charge in [-0.25, -0.2) is 18.2 Å². The number of amidine groups is 1. The summed E-state index contributed by atoms with van der Waals surface area (Å²) in [6, 6.07) is 11.1. The van der Waals surface area contributed by atoms with Gasteiger partial charge in [-0.15, -0.1) is 0 Å². The summed E-state index contributed by atoms with van der Waals surface area (Å²) in [6.45, 7) is 0.183. The van der Waals surface area contributed by atoms with Crippen LogP contribution in [0.3, 0.4) is 0 Å². The van der Waals surface area contributed by atoms with E-state index in [0.29, 0.717) is 12.5 Å². The number of benzene rings is 2. The topological polar surface area (TPSA) is 91.8 Å². The van der Waals surface area contributed by atoms with Gasteiger partial charge >= 0.3 is 12.1 Å². The summed E-state index contributed by atoms with van der Waals surface area (Å²) < 4.78 is 87.0. The number of anilines is 1. The lowest BCUT2D eigenvalue weighted by molar-refractivity contribution is -0.173. The van der Waals surface area contributed by atoms with E-state index in [2.05, 4.69) is 10.3 Å². The molecule has 0 bridgehead atoms. The molecular weight excluding hydrogens is 526 g/mol. The Morgan fingerprint density at radius 2 is 1.81 bits per heavy atom. The van der Waals surface area contributed by atoms with Crippen LogP contribution in [0.4, 0.5) is 32.0 Å². The number of rotatable bonds is 5. The van der Waals surface area contributed by atoms with E-state index in [4.69, 9.17) is 4.74 Å². The van der Waals surface area contributed by atoms with E-state index >= 15 is 4.39 Å². The van der Waals surface area contributed by atoms with Crippen LogP contribution in [-0.4, -0.2) is 47.5 Å². The van der Waals surface area contributed by atoms with Gasteiger partial charge in [-0.3, -0.25) is 20.4 Å². The predicted molar refractivity (Wildman–Crippen MR) is 124 cm³/mol. The second kappa shape index (κ2) is 9.89. The molecule has 0 aliphatic carbocycles. The summed E-state index contributed by atoms with van der Waals surface area (Å²) in [5.41, 5.74) is 1.66. The van der Waals surface area contributed by atoms with Gasteiger partial charge in [0.25, 0.3) is 11.8 Å². The molecule has 0 aromatic heterocycles. The Bertz CT molecular complexity index is 1220. The zero-order chi connectivity index (χ0) is 27.0. The third-order valence-corrected chi connectivity index (χ3v) is 6.92. The number of hydrazine groups is 1. The zero-order valence-corrected chi connectivity index (χ0v) is 19.9. The molecule has 14 heteroatoms. The van der Waals surface area contributed by atoms with E-state index in [0.717, 1.165) is 30.0 Å². The highest BCUT2D eigenvalue weighted by atomic mass is 32.2. The molecule has 0 saturated carbocycles. The fraction of sp³-hybridized carbons (Fsp3) is 0.348. The second-order valence-corrected chi connectivity index (χ2v) is 9.55. The van der Waals surface area contributed by atoms with Crippen molar-refractivity contribution in [2.24, 2.45) is 10.9 Å². The first-order chi connectivity index (χ1) is 17.3. The van der Waals surface area contributed by atoms with Crippen LogP contribution < -0.4 is 16.2 Å². The molecule has 2 aliphatic rings. The van der Waals surface area contributed by atoms with E-state index in [1.165, 1.54) is 5.43 Å². The summed E-state index contributed by atoms with van der Waals surface area (Å²) in [4.78, 5) is 28.3. The molecule has 3 atom stereocenters. The molecule has 4 rings (SSSR count). The molecule has 0 radical (unpaired) electrons. The molecule has 3 N–H and O–H groups in total. The molecule has 2 aliphatic heterocycles. The number of nitrogens with one attached hydrogen (secondary N) is 3. The average molecular weight is 546 g/mol. The van der Waals surface area contributed by atoms with Crippen LogP contribution in [0.15, 0.2) is 53.5 Å². The number of halogens is 6. The van der Waals surface area contributed by atoms with Crippen molar-refractivity contribution in [1.82, 2.24) is 10.7 Å². The number of amides is 2. The van der Waals surface area contributed by atoms with Gasteiger partial charge in [-0.1, -0.05) is 30.0 Å². The van der Waals surface area contributed by atoms with Crippen molar-refractivity contribution in [3.63, 3.8) is 0 Å². The standard InChI is InChI=1S/C23H20F6N4O3S/c1-21(25,26)17-15-10-37-20(30-18(34)12-5-3-2-4-6-12)31-22(15,11-36-17)14-9-13(7-8-16(14)24)32-33-19(35)23(27,28)29/h2-9,15,17,32H,10-11H2,1H3,(H,33,35)(H,30,31,34)/t15?,17-,22+/m0/s1. The Hall–Kier alpha value is -3.26. The summed E-state index contributed by atoms with van der Waals surface area (Å²) in [7, 11) is 0. The second-order valence-electron chi connectivity index (χ2n) is 8.54. The minimum atomic E-state index is -5.17. The monoisotopic (exact) mass is 546 g/mol. The van der Waals surface area contributed by atoms with Crippen molar-refractivity contribution in [2.45, 2.75) is 30.7 Å². The molecule has 1 saturated heterocycles. The normalized spacial score (nSPS) is 23.6. The van der Waals surface area contributed by atoms with Crippen LogP contribution in [-0.2, 0) is 15.1 Å². The Balaban J connectivity index is 1.71. The summed E-state index contributed by atoms with van der Waals surface area (Å²) >= 11 is 0.987. The highest BCUT2D eigenvalue weighted by Gasteiger charge is 2.60. The van der Waals surface area contributed by atoms with Crippen LogP contribution in [0, 0.1) is 11.7 Å². The van der Waals surface area contributed by atoms with Gasteiger partial charge in [0.2, 0.25) is 0 Å². The summed E-state index contributed by atoms with van der Waals surface area (Å²) in [5, 5.41) is 2.64. The lowest BCUT2D eigenvalue weighted by Crippen LogP contribution is -2.47. The predicted octanol–water partition coefficient (Wildman–Crippen LogP) is 4.23. The number of carbonyl (C=O) groups is 2. The van der Waals surface area contributed by atoms with Crippen molar-refractivity contribution in [3.8, 4) is 0 Å². The molecular formula is C23H20F6N4O3S. The molecule has 0 spiro atoms. The third kappa shape index (κ3) is 5.54. The first kappa shape index (κ1) is 26.8. The van der Waals surface area contributed by atoms with Gasteiger partial charge in [0.15, 0.2) is 5.17 Å². The first-order valence-corrected chi connectivity index (χ1v) is 11.8. The molecule has 2 aromatic carbocycles. The van der Waals surface area contributed by atoms with Crippen molar-refractivity contribution in [1.29, 1.82) is 0 Å². The maximum Gasteiger partial charge on any atom is 0.472 e. The Morgan fingerprint density at radius 1 is 1.11 bits per heavy atom. The van der Waals surface area contributed by atoms with E-state index < -0.39 is 53.9 Å².